The van der Waals surface area contributed by atoms with E-state index in [1.165, 1.54) is 4.90 Å². The van der Waals surface area contributed by atoms with Gasteiger partial charge in [-0.25, -0.2) is 0 Å². The zero-order valence-electron chi connectivity index (χ0n) is 17.4. The number of fused-ring (bicyclic) bond motifs is 1. The van der Waals surface area contributed by atoms with Gasteiger partial charge in [0, 0.05) is 39.2 Å². The normalized spacial score (nSPS) is 15.3. The average molecular weight is 428 g/mol. The van der Waals surface area contributed by atoms with E-state index in [4.69, 9.17) is 11.6 Å². The van der Waals surface area contributed by atoms with Crippen molar-refractivity contribution in [1.82, 2.24) is 9.80 Å². The van der Waals surface area contributed by atoms with E-state index in [2.05, 4.69) is 5.32 Å². The van der Waals surface area contributed by atoms with Crippen LogP contribution < -0.4 is 5.32 Å². The Labute approximate surface area is 181 Å². The van der Waals surface area contributed by atoms with Crippen molar-refractivity contribution in [2.75, 3.05) is 19.4 Å². The molecule has 0 saturated carbocycles. The highest BCUT2D eigenvalue weighted by Crippen LogP contribution is 2.29. The number of nitrogens with zero attached hydrogens (tertiary/aromatic N) is 2. The Balaban J connectivity index is 1.95. The van der Waals surface area contributed by atoms with Crippen molar-refractivity contribution in [2.24, 2.45) is 0 Å². The van der Waals surface area contributed by atoms with Crippen LogP contribution in [0.15, 0.2) is 42.5 Å². The average Bonchev–Trinajstić information content (AvgIpc) is 2.72. The van der Waals surface area contributed by atoms with Crippen LogP contribution in [-0.2, 0) is 22.6 Å². The van der Waals surface area contributed by atoms with E-state index in [0.29, 0.717) is 29.1 Å². The fraction of sp³-hybridized carbons (Fsp3) is 0.348. The molecular formula is C23H26ClN3O3. The largest absolute Gasteiger partial charge is 0.347 e. The molecule has 0 aromatic heterocycles. The van der Waals surface area contributed by atoms with Gasteiger partial charge in [-0.05, 0) is 41.8 Å². The smallest absolute Gasteiger partial charge is 0.256 e. The molecule has 7 heteroatoms. The lowest BCUT2D eigenvalue weighted by Crippen LogP contribution is -2.52. The second-order valence-corrected chi connectivity index (χ2v) is 8.05. The molecule has 0 unspecified atom stereocenters. The molecule has 6 nitrogen and oxygen atoms in total. The molecule has 1 heterocycles. The summed E-state index contributed by atoms with van der Waals surface area (Å²) in [6.45, 7) is 2.22. The van der Waals surface area contributed by atoms with Gasteiger partial charge in [0.1, 0.15) is 6.04 Å². The number of hydrogen-bond donors (Lipinski definition) is 1. The zero-order chi connectivity index (χ0) is 21.8. The summed E-state index contributed by atoms with van der Waals surface area (Å²) in [6, 6.07) is 11.9. The highest BCUT2D eigenvalue weighted by atomic mass is 35.5. The van der Waals surface area contributed by atoms with Crippen LogP contribution in [0.25, 0.3) is 0 Å². The molecule has 0 spiro atoms. The molecule has 2 aromatic carbocycles. The van der Waals surface area contributed by atoms with Crippen LogP contribution in [0.1, 0.15) is 41.3 Å². The number of likely N-dealkylation sites (N-methyl/N-ethyl adjacent to an activating group) is 1. The van der Waals surface area contributed by atoms with Crippen LogP contribution in [0.3, 0.4) is 0 Å². The fourth-order valence-electron chi connectivity index (χ4n) is 3.63. The highest BCUT2D eigenvalue weighted by Gasteiger charge is 2.36. The first-order chi connectivity index (χ1) is 14.3. The van der Waals surface area contributed by atoms with E-state index < -0.39 is 6.04 Å². The molecule has 1 aliphatic rings. The van der Waals surface area contributed by atoms with Crippen LogP contribution in [0.5, 0.6) is 0 Å². The lowest BCUT2D eigenvalue weighted by Gasteiger charge is -2.37. The Hall–Kier alpha value is -2.86. The SMILES string of the molecule is CCCC(=O)Nc1ccc2c(c1)CN(C(=O)c1ccccc1Cl)[C@@H](C(=O)N(C)C)C2. The molecule has 0 saturated heterocycles. The van der Waals surface area contributed by atoms with Crippen molar-refractivity contribution in [3.63, 3.8) is 0 Å². The van der Waals surface area contributed by atoms with E-state index in [1.807, 2.05) is 25.1 Å². The highest BCUT2D eigenvalue weighted by molar-refractivity contribution is 6.33. The van der Waals surface area contributed by atoms with Crippen molar-refractivity contribution in [3.05, 3.63) is 64.2 Å². The van der Waals surface area contributed by atoms with Gasteiger partial charge in [0.15, 0.2) is 0 Å². The van der Waals surface area contributed by atoms with Crippen molar-refractivity contribution >= 4 is 35.0 Å². The molecule has 1 N–H and O–H groups in total. The van der Waals surface area contributed by atoms with Gasteiger partial charge in [-0.1, -0.05) is 36.7 Å². The predicted molar refractivity (Wildman–Crippen MR) is 117 cm³/mol. The quantitative estimate of drug-likeness (QED) is 0.790. The Morgan fingerprint density at radius 1 is 1.13 bits per heavy atom. The number of rotatable bonds is 5. The second kappa shape index (κ2) is 9.30. The maximum Gasteiger partial charge on any atom is 0.256 e. The van der Waals surface area contributed by atoms with Crippen LogP contribution >= 0.6 is 11.6 Å². The molecule has 0 radical (unpaired) electrons. The summed E-state index contributed by atoms with van der Waals surface area (Å²) < 4.78 is 0. The minimum absolute atomic E-state index is 0.0436. The van der Waals surface area contributed by atoms with E-state index in [0.717, 1.165) is 17.5 Å². The number of benzene rings is 2. The summed E-state index contributed by atoms with van der Waals surface area (Å²) in [5.74, 6) is -0.467. The number of carbonyl (C=O) groups excluding carboxylic acids is 3. The first kappa shape index (κ1) is 21.8. The lowest BCUT2D eigenvalue weighted by molar-refractivity contribution is -0.134. The Kier molecular flexibility index (Phi) is 6.77. The molecule has 3 rings (SSSR count). The van der Waals surface area contributed by atoms with Gasteiger partial charge >= 0.3 is 0 Å². The summed E-state index contributed by atoms with van der Waals surface area (Å²) >= 11 is 6.25. The number of anilines is 1. The van der Waals surface area contributed by atoms with Gasteiger partial charge in [0.25, 0.3) is 5.91 Å². The van der Waals surface area contributed by atoms with Crippen LogP contribution in [0.2, 0.25) is 5.02 Å². The number of nitrogens with one attached hydrogen (secondary N) is 1. The molecule has 1 atom stereocenters. The maximum atomic E-state index is 13.3. The molecule has 3 amide bonds. The molecule has 0 bridgehead atoms. The van der Waals surface area contributed by atoms with E-state index >= 15 is 0 Å². The van der Waals surface area contributed by atoms with Gasteiger partial charge in [0.05, 0.1) is 10.6 Å². The first-order valence-corrected chi connectivity index (χ1v) is 10.4. The third kappa shape index (κ3) is 4.65. The third-order valence-electron chi connectivity index (χ3n) is 5.19. The van der Waals surface area contributed by atoms with Crippen LogP contribution in [0, 0.1) is 0 Å². The van der Waals surface area contributed by atoms with Gasteiger partial charge in [0.2, 0.25) is 11.8 Å². The van der Waals surface area contributed by atoms with Gasteiger partial charge in [-0.15, -0.1) is 0 Å². The van der Waals surface area contributed by atoms with Crippen molar-refractivity contribution in [2.45, 2.75) is 38.8 Å². The summed E-state index contributed by atoms with van der Waals surface area (Å²) in [4.78, 5) is 41.2. The number of carbonyl (C=O) groups is 3. The van der Waals surface area contributed by atoms with E-state index in [1.54, 1.807) is 43.3 Å². The van der Waals surface area contributed by atoms with Gasteiger partial charge in [-0.3, -0.25) is 14.4 Å². The Morgan fingerprint density at radius 2 is 1.87 bits per heavy atom. The van der Waals surface area contributed by atoms with E-state index in [-0.39, 0.29) is 24.3 Å². The summed E-state index contributed by atoms with van der Waals surface area (Å²) in [7, 11) is 3.37. The third-order valence-corrected chi connectivity index (χ3v) is 5.52. The Morgan fingerprint density at radius 3 is 2.53 bits per heavy atom. The van der Waals surface area contributed by atoms with Crippen molar-refractivity contribution in [3.8, 4) is 0 Å². The molecule has 158 valence electrons. The van der Waals surface area contributed by atoms with Gasteiger partial charge in [-0.2, -0.15) is 0 Å². The monoisotopic (exact) mass is 427 g/mol. The molecule has 1 aliphatic heterocycles. The number of hydrogen-bond acceptors (Lipinski definition) is 3. The van der Waals surface area contributed by atoms with Crippen molar-refractivity contribution < 1.29 is 14.4 Å². The predicted octanol–water partition coefficient (Wildman–Crippen LogP) is 3.73. The summed E-state index contributed by atoms with van der Waals surface area (Å²) in [5.41, 5.74) is 2.96. The Bertz CT molecular complexity index is 974. The topological polar surface area (TPSA) is 69.7 Å². The second-order valence-electron chi connectivity index (χ2n) is 7.65. The minimum atomic E-state index is -0.614. The molecular weight excluding hydrogens is 402 g/mol. The van der Waals surface area contributed by atoms with Crippen LogP contribution in [0.4, 0.5) is 5.69 Å². The molecule has 0 aliphatic carbocycles. The fourth-order valence-corrected chi connectivity index (χ4v) is 3.85. The van der Waals surface area contributed by atoms with Crippen LogP contribution in [-0.4, -0.2) is 47.7 Å². The standard InChI is InChI=1S/C23H26ClN3O3/c1-4-7-21(28)25-17-11-10-15-13-20(23(30)26(2)3)27(14-16(15)12-17)22(29)18-8-5-6-9-19(18)24/h5-6,8-12,20H,4,7,13-14H2,1-3H3,(H,25,28)/t20-/m1/s1. The minimum Gasteiger partial charge on any atom is -0.347 e. The summed E-state index contributed by atoms with van der Waals surface area (Å²) in [5, 5.41) is 3.24. The number of amides is 3. The first-order valence-electron chi connectivity index (χ1n) is 10.00. The lowest BCUT2D eigenvalue weighted by atomic mass is 9.92. The van der Waals surface area contributed by atoms with Crippen molar-refractivity contribution in [1.29, 1.82) is 0 Å². The number of halogens is 1. The summed E-state index contributed by atoms with van der Waals surface area (Å²) in [6.07, 6.45) is 1.63. The molecule has 30 heavy (non-hydrogen) atoms. The maximum absolute atomic E-state index is 13.3. The zero-order valence-corrected chi connectivity index (χ0v) is 18.2. The molecule has 0 fully saturated rings. The van der Waals surface area contributed by atoms with Gasteiger partial charge < -0.3 is 15.1 Å². The van der Waals surface area contributed by atoms with E-state index in [9.17, 15) is 14.4 Å². The molecule has 2 aromatic rings.